The van der Waals surface area contributed by atoms with Crippen molar-refractivity contribution in [3.8, 4) is 0 Å². The average Bonchev–Trinajstić information content (AvgIpc) is 2.10. The molecule has 0 amide bonds. The van der Waals surface area contributed by atoms with Gasteiger partial charge in [-0.15, -0.1) is 24.0 Å². The molecule has 0 aromatic rings. The van der Waals surface area contributed by atoms with E-state index >= 15 is 0 Å². The molecule has 0 aliphatic heterocycles. The Morgan fingerprint density at radius 2 is 1.23 bits per heavy atom. The van der Waals surface area contributed by atoms with Crippen molar-refractivity contribution in [1.82, 2.24) is 5.32 Å². The third-order valence-corrected chi connectivity index (χ3v) is 2.28. The normalized spacial score (nSPS) is 9.69. The highest BCUT2D eigenvalue weighted by Gasteiger charge is 1.89. The first-order chi connectivity index (χ1) is 5.91. The van der Waals surface area contributed by atoms with Crippen LogP contribution in [0.15, 0.2) is 0 Å². The lowest BCUT2D eigenvalue weighted by atomic mass is 10.1. The Morgan fingerprint density at radius 1 is 0.769 bits per heavy atom. The SMILES string of the molecule is CCCCCCCCCCNC.I. The highest BCUT2D eigenvalue weighted by atomic mass is 127. The summed E-state index contributed by atoms with van der Waals surface area (Å²) in [6, 6.07) is 0. The van der Waals surface area contributed by atoms with E-state index in [0.717, 1.165) is 0 Å². The van der Waals surface area contributed by atoms with Gasteiger partial charge in [-0.25, -0.2) is 0 Å². The van der Waals surface area contributed by atoms with E-state index in [-0.39, 0.29) is 24.0 Å². The summed E-state index contributed by atoms with van der Waals surface area (Å²) >= 11 is 0. The van der Waals surface area contributed by atoms with Crippen molar-refractivity contribution in [2.45, 2.75) is 58.3 Å². The van der Waals surface area contributed by atoms with Crippen LogP contribution in [0.4, 0.5) is 0 Å². The molecule has 0 saturated heterocycles. The van der Waals surface area contributed by atoms with Crippen LogP contribution in [0, 0.1) is 0 Å². The first-order valence-corrected chi connectivity index (χ1v) is 5.56. The summed E-state index contributed by atoms with van der Waals surface area (Å²) in [7, 11) is 2.03. The van der Waals surface area contributed by atoms with Gasteiger partial charge in [0, 0.05) is 0 Å². The predicted octanol–water partition coefficient (Wildman–Crippen LogP) is 3.96. The highest BCUT2D eigenvalue weighted by Crippen LogP contribution is 2.07. The van der Waals surface area contributed by atoms with Gasteiger partial charge in [-0.3, -0.25) is 0 Å². The fourth-order valence-corrected chi connectivity index (χ4v) is 1.44. The van der Waals surface area contributed by atoms with Crippen LogP contribution in [0.3, 0.4) is 0 Å². The third-order valence-electron chi connectivity index (χ3n) is 2.28. The zero-order chi connectivity index (χ0) is 9.07. The van der Waals surface area contributed by atoms with Crippen LogP contribution in [-0.4, -0.2) is 13.6 Å². The van der Waals surface area contributed by atoms with Crippen molar-refractivity contribution in [2.24, 2.45) is 0 Å². The number of hydrogen-bond acceptors (Lipinski definition) is 1. The minimum absolute atomic E-state index is 0. The Morgan fingerprint density at radius 3 is 1.69 bits per heavy atom. The maximum absolute atomic E-state index is 3.18. The summed E-state index contributed by atoms with van der Waals surface area (Å²) in [5.74, 6) is 0. The fourth-order valence-electron chi connectivity index (χ4n) is 1.44. The van der Waals surface area contributed by atoms with Gasteiger partial charge < -0.3 is 5.32 Å². The maximum atomic E-state index is 3.18. The van der Waals surface area contributed by atoms with E-state index in [1.54, 1.807) is 0 Å². The van der Waals surface area contributed by atoms with Crippen LogP contribution in [0.1, 0.15) is 58.3 Å². The van der Waals surface area contributed by atoms with Crippen molar-refractivity contribution in [3.63, 3.8) is 0 Å². The monoisotopic (exact) mass is 299 g/mol. The lowest BCUT2D eigenvalue weighted by molar-refractivity contribution is 0.567. The molecule has 0 unspecified atom stereocenters. The molecule has 1 nitrogen and oxygen atoms in total. The second-order valence-electron chi connectivity index (χ2n) is 3.58. The molecular formula is C11H26IN. The zero-order valence-corrected chi connectivity index (χ0v) is 11.6. The van der Waals surface area contributed by atoms with Crippen molar-refractivity contribution < 1.29 is 0 Å². The molecular weight excluding hydrogens is 273 g/mol. The van der Waals surface area contributed by atoms with E-state index in [4.69, 9.17) is 0 Å². The van der Waals surface area contributed by atoms with Crippen LogP contribution in [-0.2, 0) is 0 Å². The number of unbranched alkanes of at least 4 members (excludes halogenated alkanes) is 7. The van der Waals surface area contributed by atoms with Gasteiger partial charge in [0.05, 0.1) is 0 Å². The number of nitrogens with one attached hydrogen (secondary N) is 1. The van der Waals surface area contributed by atoms with Crippen LogP contribution in [0.2, 0.25) is 0 Å². The molecule has 0 aromatic heterocycles. The number of hydrogen-bond donors (Lipinski definition) is 1. The molecule has 0 radical (unpaired) electrons. The molecule has 2 heteroatoms. The molecule has 82 valence electrons. The largest absolute Gasteiger partial charge is 0.320 e. The zero-order valence-electron chi connectivity index (χ0n) is 9.27. The standard InChI is InChI=1S/C11H25N.HI/c1-3-4-5-6-7-8-9-10-11-12-2;/h12H,3-11H2,1-2H3;1H. The molecule has 0 spiro atoms. The second-order valence-corrected chi connectivity index (χ2v) is 3.58. The van der Waals surface area contributed by atoms with E-state index in [1.165, 1.54) is 57.9 Å². The van der Waals surface area contributed by atoms with Gasteiger partial charge in [0.1, 0.15) is 0 Å². The van der Waals surface area contributed by atoms with Crippen LogP contribution in [0.5, 0.6) is 0 Å². The lowest BCUT2D eigenvalue weighted by Crippen LogP contribution is -2.06. The Labute approximate surface area is 101 Å². The highest BCUT2D eigenvalue weighted by molar-refractivity contribution is 14.0. The van der Waals surface area contributed by atoms with Crippen LogP contribution in [0.25, 0.3) is 0 Å². The Balaban J connectivity index is 0. The first-order valence-electron chi connectivity index (χ1n) is 5.56. The third kappa shape index (κ3) is 15.4. The Hall–Kier alpha value is 0.690. The van der Waals surface area contributed by atoms with Gasteiger partial charge in [-0.05, 0) is 20.0 Å². The van der Waals surface area contributed by atoms with Gasteiger partial charge in [0.15, 0.2) is 0 Å². The molecule has 13 heavy (non-hydrogen) atoms. The van der Waals surface area contributed by atoms with Gasteiger partial charge in [0.25, 0.3) is 0 Å². The average molecular weight is 299 g/mol. The van der Waals surface area contributed by atoms with Crippen LogP contribution < -0.4 is 5.32 Å². The minimum Gasteiger partial charge on any atom is -0.320 e. The molecule has 0 aliphatic carbocycles. The molecule has 0 aromatic carbocycles. The summed E-state index contributed by atoms with van der Waals surface area (Å²) in [5.41, 5.74) is 0. The van der Waals surface area contributed by atoms with Gasteiger partial charge >= 0.3 is 0 Å². The minimum atomic E-state index is 0. The summed E-state index contributed by atoms with van der Waals surface area (Å²) in [6.45, 7) is 3.46. The van der Waals surface area contributed by atoms with Gasteiger partial charge in [-0.2, -0.15) is 0 Å². The maximum Gasteiger partial charge on any atom is -0.00519 e. The molecule has 0 aliphatic rings. The topological polar surface area (TPSA) is 12.0 Å². The molecule has 0 bridgehead atoms. The van der Waals surface area contributed by atoms with E-state index in [0.29, 0.717) is 0 Å². The molecule has 0 rings (SSSR count). The van der Waals surface area contributed by atoms with E-state index in [1.807, 2.05) is 7.05 Å². The van der Waals surface area contributed by atoms with Gasteiger partial charge in [-0.1, -0.05) is 51.9 Å². The molecule has 0 saturated carbocycles. The summed E-state index contributed by atoms with van der Waals surface area (Å²) in [5, 5.41) is 3.18. The van der Waals surface area contributed by atoms with Crippen molar-refractivity contribution >= 4 is 24.0 Å². The smallest absolute Gasteiger partial charge is 0.00519 e. The molecule has 0 fully saturated rings. The van der Waals surface area contributed by atoms with E-state index in [9.17, 15) is 0 Å². The van der Waals surface area contributed by atoms with Crippen molar-refractivity contribution in [3.05, 3.63) is 0 Å². The quantitative estimate of drug-likeness (QED) is 0.502. The van der Waals surface area contributed by atoms with Crippen molar-refractivity contribution in [2.75, 3.05) is 13.6 Å². The number of rotatable bonds is 9. The summed E-state index contributed by atoms with van der Waals surface area (Å²) < 4.78 is 0. The molecule has 1 N–H and O–H groups in total. The first kappa shape index (κ1) is 16.1. The molecule has 0 heterocycles. The number of halogens is 1. The second kappa shape index (κ2) is 15.2. The fraction of sp³-hybridized carbons (Fsp3) is 1.00. The van der Waals surface area contributed by atoms with E-state index in [2.05, 4.69) is 12.2 Å². The van der Waals surface area contributed by atoms with Crippen molar-refractivity contribution in [1.29, 1.82) is 0 Å². The van der Waals surface area contributed by atoms with E-state index < -0.39 is 0 Å². The lowest BCUT2D eigenvalue weighted by Gasteiger charge is -2.00. The predicted molar refractivity (Wildman–Crippen MR) is 72.0 cm³/mol. The Kier molecular flexibility index (Phi) is 18.8. The van der Waals surface area contributed by atoms with Crippen LogP contribution >= 0.6 is 24.0 Å². The van der Waals surface area contributed by atoms with Gasteiger partial charge in [0.2, 0.25) is 0 Å². The Bertz CT molecular complexity index is 66.5. The summed E-state index contributed by atoms with van der Waals surface area (Å²) in [6.07, 6.45) is 11.3. The summed E-state index contributed by atoms with van der Waals surface area (Å²) in [4.78, 5) is 0. The molecule has 0 atom stereocenters.